The number of aromatic amines is 1. The maximum atomic E-state index is 13.0. The summed E-state index contributed by atoms with van der Waals surface area (Å²) in [5, 5.41) is 13.1. The van der Waals surface area contributed by atoms with Crippen LogP contribution in [0.3, 0.4) is 0 Å². The monoisotopic (exact) mass is 1250 g/mol. The van der Waals surface area contributed by atoms with E-state index in [9.17, 15) is 81.9 Å². The largest absolute Gasteiger partial charge is 0.490 e. The molecule has 4 aromatic rings. The number of nitrogens with one attached hydrogen (secondary N) is 2. The number of carbonyl (C=O) groups excluding carboxylic acids is 1. The quantitative estimate of drug-likeness (QED) is 0.0225. The molecule has 442 valence electrons. The van der Waals surface area contributed by atoms with Crippen molar-refractivity contribution >= 4 is 93.7 Å². The number of hydrogen-bond donors (Lipinski definition) is 10. The van der Waals surface area contributed by atoms with Crippen LogP contribution in [0.2, 0.25) is 0 Å². The molecule has 0 bridgehead atoms. The first-order valence-electron chi connectivity index (χ1n) is 24.2. The summed E-state index contributed by atoms with van der Waals surface area (Å²) in [6.45, 7) is 9.14. The van der Waals surface area contributed by atoms with Crippen LogP contribution in [0.25, 0.3) is 16.8 Å². The third kappa shape index (κ3) is 14.3. The van der Waals surface area contributed by atoms with Crippen LogP contribution in [0.15, 0.2) is 103 Å². The second-order valence-corrected chi connectivity index (χ2v) is 28.5. The van der Waals surface area contributed by atoms with Gasteiger partial charge >= 0.3 is 29.2 Å². The van der Waals surface area contributed by atoms with Crippen LogP contribution < -0.4 is 21.5 Å². The van der Waals surface area contributed by atoms with E-state index in [2.05, 4.69) is 23.4 Å². The number of benzene rings is 3. The summed E-state index contributed by atoms with van der Waals surface area (Å²) in [6, 6.07) is 9.22. The maximum absolute atomic E-state index is 13.0. The second-order valence-electron chi connectivity index (χ2n) is 19.8. The number of nitrogens with zero attached hydrogens (tertiary/aromatic N) is 3. The molecule has 81 heavy (non-hydrogen) atoms. The highest BCUT2D eigenvalue weighted by Crippen LogP contribution is 2.66. The lowest BCUT2D eigenvalue weighted by Crippen LogP contribution is -2.33. The smallest absolute Gasteiger partial charge is 0.390 e. The highest BCUT2D eigenvalue weighted by molar-refractivity contribution is 7.87. The van der Waals surface area contributed by atoms with Gasteiger partial charge in [0.2, 0.25) is 11.6 Å². The van der Waals surface area contributed by atoms with Crippen molar-refractivity contribution in [2.75, 3.05) is 24.6 Å². The number of hydrogen-bond acceptors (Lipinski definition) is 18. The Morgan fingerprint density at radius 3 is 2.16 bits per heavy atom. The van der Waals surface area contributed by atoms with E-state index in [1.165, 1.54) is 18.2 Å². The van der Waals surface area contributed by atoms with E-state index >= 15 is 0 Å². The first-order chi connectivity index (χ1) is 37.3. The number of phosphoric ester groups is 1. The standard InChI is InChI=1S/C46H56N5O24P3S3/c1-6-49-33-16-14-28(79(63,64)65)22-32(33)45(2,3)38(49)11-10-12-39-46(4,5)42-31-21-29(80(66,67)68)23-37(81(69,70)71)30(31)15-17-34(42)50(39)20-9-7-8-13-40(53)47-19-18-27-25-51(44(55)48-43(27)54)41-24-35(52)36(73-41)26-72-77(59,60)75-78(61,62)74-76(56,57)58/h10-12,14-19,21-23,25,35-36,41,52H,6-9,13,20,24,26H2,1-5H3,(H8-,47,48,53,54,55,56,57,58,59,60,61,62,63,64,65,66,67,68,69,70,71)/p+1/b19-18+/t35-,36+,41+/m0/s1. The predicted molar refractivity (Wildman–Crippen MR) is 287 cm³/mol. The summed E-state index contributed by atoms with van der Waals surface area (Å²) in [5.74, 6) is -0.476. The zero-order valence-corrected chi connectivity index (χ0v) is 48.5. The highest BCUT2D eigenvalue weighted by atomic mass is 32.2. The van der Waals surface area contributed by atoms with Gasteiger partial charge < -0.3 is 39.6 Å². The van der Waals surface area contributed by atoms with Crippen molar-refractivity contribution in [1.29, 1.82) is 0 Å². The number of anilines is 1. The Labute approximate surface area is 462 Å². The number of fused-ring (bicyclic) bond motifs is 4. The fourth-order valence-electron chi connectivity index (χ4n) is 10.00. The molecule has 35 heteroatoms. The lowest BCUT2D eigenvalue weighted by molar-refractivity contribution is -0.438. The Bertz CT molecular complexity index is 3980. The molecular formula is C46H57N5O24P3S3+. The third-order valence-electron chi connectivity index (χ3n) is 13.6. The molecular weight excluding hydrogens is 1200 g/mol. The molecule has 1 amide bonds. The van der Waals surface area contributed by atoms with Crippen molar-refractivity contribution in [3.8, 4) is 0 Å². The van der Waals surface area contributed by atoms with Crippen molar-refractivity contribution in [2.45, 2.75) is 111 Å². The molecule has 0 spiro atoms. The summed E-state index contributed by atoms with van der Waals surface area (Å²) in [7, 11) is -31.6. The van der Waals surface area contributed by atoms with Crippen LogP contribution in [-0.4, -0.2) is 121 Å². The van der Waals surface area contributed by atoms with Gasteiger partial charge in [0.25, 0.3) is 35.9 Å². The normalized spacial score (nSPS) is 21.3. The average molecular weight is 1250 g/mol. The van der Waals surface area contributed by atoms with Gasteiger partial charge in [-0.1, -0.05) is 19.9 Å². The van der Waals surface area contributed by atoms with Gasteiger partial charge in [0.05, 0.1) is 33.5 Å². The van der Waals surface area contributed by atoms with Crippen LogP contribution in [0.4, 0.5) is 11.4 Å². The first kappa shape index (κ1) is 63.4. The average Bonchev–Trinajstić information content (AvgIpc) is 3.45. The van der Waals surface area contributed by atoms with Crippen molar-refractivity contribution in [3.63, 3.8) is 0 Å². The van der Waals surface area contributed by atoms with Crippen molar-refractivity contribution in [3.05, 3.63) is 116 Å². The molecule has 1 aromatic heterocycles. The molecule has 0 saturated carbocycles. The molecule has 29 nitrogen and oxygen atoms in total. The lowest BCUT2D eigenvalue weighted by atomic mass is 9.79. The first-order valence-corrected chi connectivity index (χ1v) is 33.0. The minimum absolute atomic E-state index is 0.0127. The molecule has 1 saturated heterocycles. The molecule has 2 unspecified atom stereocenters. The molecule has 7 rings (SSSR count). The number of aliphatic hydroxyl groups is 1. The van der Waals surface area contributed by atoms with E-state index in [0.717, 1.165) is 40.5 Å². The number of H-pyrrole nitrogens is 1. The molecule has 4 heterocycles. The van der Waals surface area contributed by atoms with E-state index in [0.29, 0.717) is 60.9 Å². The van der Waals surface area contributed by atoms with E-state index in [1.807, 2.05) is 56.2 Å². The van der Waals surface area contributed by atoms with Crippen LogP contribution in [0.5, 0.6) is 0 Å². The number of rotatable bonds is 22. The van der Waals surface area contributed by atoms with Crippen molar-refractivity contribution in [1.82, 2.24) is 14.9 Å². The van der Waals surface area contributed by atoms with E-state index in [4.69, 9.17) is 14.5 Å². The second kappa shape index (κ2) is 23.1. The Hall–Kier alpha value is -5.18. The zero-order chi connectivity index (χ0) is 60.2. The predicted octanol–water partition coefficient (Wildman–Crippen LogP) is 4.40. The Balaban J connectivity index is 1.07. The van der Waals surface area contributed by atoms with E-state index < -0.39 is 117 Å². The number of aliphatic hydroxyl groups excluding tert-OH is 1. The highest BCUT2D eigenvalue weighted by Gasteiger charge is 2.47. The number of carbonyl (C=O) groups is 1. The molecule has 0 radical (unpaired) electrons. The fraction of sp³-hybridized carbons (Fsp3) is 0.391. The van der Waals surface area contributed by atoms with Crippen molar-refractivity contribution < 1.29 is 105 Å². The lowest BCUT2D eigenvalue weighted by Gasteiger charge is -2.25. The van der Waals surface area contributed by atoms with Crippen LogP contribution in [-0.2, 0) is 77.6 Å². The van der Waals surface area contributed by atoms with E-state index in [-0.39, 0.29) is 34.1 Å². The maximum Gasteiger partial charge on any atom is 0.490 e. The minimum atomic E-state index is -5.84. The van der Waals surface area contributed by atoms with Crippen LogP contribution in [0, 0.1) is 0 Å². The van der Waals surface area contributed by atoms with Gasteiger partial charge in [-0.2, -0.15) is 38.5 Å². The number of likely N-dealkylation sites (N-methyl/N-ethyl adjacent to an activating group) is 1. The Kier molecular flexibility index (Phi) is 18.1. The van der Waals surface area contributed by atoms with Crippen molar-refractivity contribution in [2.24, 2.45) is 0 Å². The summed E-state index contributed by atoms with van der Waals surface area (Å²) >= 11 is 0. The van der Waals surface area contributed by atoms with Gasteiger partial charge in [0, 0.05) is 78.1 Å². The SMILES string of the molecule is CCN1/C(=C/C=C/C2=[N+](CCCCCC(=O)N/C=C/c3cn([C@H]4C[C@H](O)[C@@H](COP(=O)(O)OP(=O)(O)OP(=O)(O)O)O4)c(=O)[nH]c3=O)c3ccc4c(S(=O)(=O)O)cc(S(=O)(=O)O)cc4c3C2(C)C)C(C)(C)c2cc(S(=O)(=O)O)ccc21. The number of ether oxygens (including phenoxy) is 1. The number of allylic oxidation sites excluding steroid dienone is 4. The zero-order valence-electron chi connectivity index (χ0n) is 43.4. The van der Waals surface area contributed by atoms with Crippen LogP contribution in [0.1, 0.15) is 89.6 Å². The number of amides is 1. The van der Waals surface area contributed by atoms with Gasteiger partial charge in [-0.25, -0.2) is 18.5 Å². The molecule has 3 aromatic carbocycles. The fourth-order valence-corrected chi connectivity index (χ4v) is 14.9. The van der Waals surface area contributed by atoms with Gasteiger partial charge in [-0.05, 0) is 93.1 Å². The topological polar surface area (TPSA) is 443 Å². The number of phosphoric acid groups is 3. The third-order valence-corrected chi connectivity index (χ3v) is 20.0. The van der Waals surface area contributed by atoms with Crippen LogP contribution >= 0.6 is 23.5 Å². The van der Waals surface area contributed by atoms with Gasteiger partial charge in [-0.15, -0.1) is 0 Å². The molecule has 3 aliphatic rings. The Morgan fingerprint density at radius 1 is 0.852 bits per heavy atom. The number of aromatic nitrogens is 2. The molecule has 0 aliphatic carbocycles. The minimum Gasteiger partial charge on any atom is -0.390 e. The molecule has 1 fully saturated rings. The summed E-state index contributed by atoms with van der Waals surface area (Å²) in [4.78, 5) is 77.3. The number of unbranched alkanes of at least 4 members (excludes halogenated alkanes) is 2. The summed E-state index contributed by atoms with van der Waals surface area (Å²) in [5.41, 5.74) is -0.0320. The molecule has 5 atom stereocenters. The van der Waals surface area contributed by atoms with Gasteiger partial charge in [0.15, 0.2) is 5.71 Å². The summed E-state index contributed by atoms with van der Waals surface area (Å²) in [6.07, 6.45) is 5.34. The van der Waals surface area contributed by atoms with Gasteiger partial charge in [0.1, 0.15) is 23.8 Å². The summed E-state index contributed by atoms with van der Waals surface area (Å²) < 4.78 is 160. The van der Waals surface area contributed by atoms with E-state index in [1.54, 1.807) is 18.2 Å². The van der Waals surface area contributed by atoms with Gasteiger partial charge in [-0.3, -0.25) is 37.3 Å². The molecule has 10 N–H and O–H groups in total. The molecule has 3 aliphatic heterocycles. The Morgan fingerprint density at radius 2 is 1.53 bits per heavy atom.